The van der Waals surface area contributed by atoms with Crippen LogP contribution in [0.4, 0.5) is 5.69 Å². The molecule has 0 unspecified atom stereocenters. The normalized spacial score (nSPS) is 10.4. The van der Waals surface area contributed by atoms with Gasteiger partial charge in [0.15, 0.2) is 0 Å². The Bertz CT molecular complexity index is 702. The van der Waals surface area contributed by atoms with Gasteiger partial charge in [0.05, 0.1) is 26.4 Å². The Balaban J connectivity index is 2.36. The molecule has 0 saturated heterocycles. The van der Waals surface area contributed by atoms with Crippen LogP contribution < -0.4 is 5.56 Å². The number of halogens is 2. The Morgan fingerprint density at radius 3 is 2.84 bits per heavy atom. The van der Waals surface area contributed by atoms with Gasteiger partial charge in [-0.3, -0.25) is 19.5 Å². The van der Waals surface area contributed by atoms with Gasteiger partial charge < -0.3 is 0 Å². The van der Waals surface area contributed by atoms with Crippen LogP contribution in [0.3, 0.4) is 0 Å². The van der Waals surface area contributed by atoms with Gasteiger partial charge in [0.25, 0.3) is 11.2 Å². The van der Waals surface area contributed by atoms with E-state index < -0.39 is 4.92 Å². The number of hydrogen-bond acceptors (Lipinski definition) is 4. The molecule has 0 aliphatic heterocycles. The number of benzene rings is 1. The summed E-state index contributed by atoms with van der Waals surface area (Å²) in [5.41, 5.74) is 0.366. The third-order valence-corrected chi connectivity index (χ3v) is 3.54. The van der Waals surface area contributed by atoms with Crippen molar-refractivity contribution in [1.29, 1.82) is 0 Å². The maximum Gasteiger partial charge on any atom is 0.270 e. The summed E-state index contributed by atoms with van der Waals surface area (Å²) in [7, 11) is 0. The van der Waals surface area contributed by atoms with Gasteiger partial charge in [-0.25, -0.2) is 4.98 Å². The van der Waals surface area contributed by atoms with Crippen LogP contribution in [0, 0.1) is 13.7 Å². The van der Waals surface area contributed by atoms with Gasteiger partial charge in [0.1, 0.15) is 0 Å². The van der Waals surface area contributed by atoms with Crippen molar-refractivity contribution in [3.8, 4) is 0 Å². The van der Waals surface area contributed by atoms with Gasteiger partial charge in [-0.15, -0.1) is 0 Å². The van der Waals surface area contributed by atoms with Crippen LogP contribution in [0.5, 0.6) is 0 Å². The van der Waals surface area contributed by atoms with Crippen LogP contribution in [0.2, 0.25) is 5.02 Å². The van der Waals surface area contributed by atoms with E-state index in [9.17, 15) is 14.9 Å². The average molecular weight is 392 g/mol. The SMILES string of the molecule is O=c1c(I)cncn1Cc1ccc([N+](=O)[O-])cc1Cl. The molecule has 0 aliphatic carbocycles. The molecular weight excluding hydrogens is 384 g/mol. The average Bonchev–Trinajstić information content (AvgIpc) is 2.37. The zero-order chi connectivity index (χ0) is 14.0. The fourth-order valence-corrected chi connectivity index (χ4v) is 2.20. The second-order valence-electron chi connectivity index (χ2n) is 3.71. The Morgan fingerprint density at radius 1 is 1.47 bits per heavy atom. The van der Waals surface area contributed by atoms with Gasteiger partial charge in [0, 0.05) is 18.3 Å². The van der Waals surface area contributed by atoms with E-state index in [1.165, 1.54) is 35.3 Å². The van der Waals surface area contributed by atoms with E-state index in [1.807, 2.05) is 22.6 Å². The molecule has 0 atom stereocenters. The molecule has 8 heteroatoms. The minimum absolute atomic E-state index is 0.0816. The number of hydrogen-bond donors (Lipinski definition) is 0. The summed E-state index contributed by atoms with van der Waals surface area (Å²) < 4.78 is 1.90. The molecule has 1 heterocycles. The molecular formula is C11H7ClIN3O3. The van der Waals surface area contributed by atoms with Crippen LogP contribution in [-0.4, -0.2) is 14.5 Å². The summed E-state index contributed by atoms with van der Waals surface area (Å²) in [5, 5.41) is 10.9. The van der Waals surface area contributed by atoms with Crippen LogP contribution in [0.1, 0.15) is 5.56 Å². The molecule has 2 aromatic rings. The number of rotatable bonds is 3. The zero-order valence-corrected chi connectivity index (χ0v) is 12.3. The zero-order valence-electron chi connectivity index (χ0n) is 9.42. The number of nitrogens with zero attached hydrogens (tertiary/aromatic N) is 3. The van der Waals surface area contributed by atoms with Gasteiger partial charge in [-0.05, 0) is 34.2 Å². The fraction of sp³-hybridized carbons (Fsp3) is 0.0909. The highest BCUT2D eigenvalue weighted by Crippen LogP contribution is 2.22. The lowest BCUT2D eigenvalue weighted by atomic mass is 10.2. The lowest BCUT2D eigenvalue weighted by Gasteiger charge is -2.07. The molecule has 0 N–H and O–H groups in total. The summed E-state index contributed by atoms with van der Waals surface area (Å²) in [4.78, 5) is 25.8. The lowest BCUT2D eigenvalue weighted by molar-refractivity contribution is -0.384. The molecule has 2 rings (SSSR count). The summed E-state index contributed by atoms with van der Waals surface area (Å²) >= 11 is 7.87. The topological polar surface area (TPSA) is 78.0 Å². The third kappa shape index (κ3) is 3.10. The summed E-state index contributed by atoms with van der Waals surface area (Å²) in [6.45, 7) is 0.222. The van der Waals surface area contributed by atoms with E-state index in [-0.39, 0.29) is 22.8 Å². The molecule has 0 bridgehead atoms. The number of nitro groups is 1. The number of nitro benzene ring substituents is 1. The monoisotopic (exact) mass is 391 g/mol. The van der Waals surface area contributed by atoms with Crippen LogP contribution >= 0.6 is 34.2 Å². The Hall–Kier alpha value is -1.48. The van der Waals surface area contributed by atoms with E-state index in [0.29, 0.717) is 9.13 Å². The Labute approximate surface area is 126 Å². The predicted molar refractivity (Wildman–Crippen MR) is 78.4 cm³/mol. The maximum atomic E-state index is 11.8. The van der Waals surface area contributed by atoms with Crippen molar-refractivity contribution in [1.82, 2.24) is 9.55 Å². The van der Waals surface area contributed by atoms with Crippen LogP contribution in [-0.2, 0) is 6.54 Å². The molecule has 1 aromatic carbocycles. The van der Waals surface area contributed by atoms with Crippen molar-refractivity contribution in [3.63, 3.8) is 0 Å². The standard InChI is InChI=1S/C11H7ClIN3O3/c12-9-3-8(16(18)19)2-1-7(9)5-15-6-14-4-10(13)11(15)17/h1-4,6H,5H2. The largest absolute Gasteiger partial charge is 0.294 e. The van der Waals surface area contributed by atoms with Gasteiger partial charge in [-0.2, -0.15) is 0 Å². The first-order valence-corrected chi connectivity index (χ1v) is 6.57. The minimum atomic E-state index is -0.519. The van der Waals surface area contributed by atoms with E-state index in [2.05, 4.69) is 4.98 Å². The van der Waals surface area contributed by atoms with Crippen molar-refractivity contribution in [3.05, 3.63) is 65.3 Å². The van der Waals surface area contributed by atoms with E-state index >= 15 is 0 Å². The molecule has 0 fully saturated rings. The first-order valence-electron chi connectivity index (χ1n) is 5.12. The molecule has 0 spiro atoms. The lowest BCUT2D eigenvalue weighted by Crippen LogP contribution is -2.23. The minimum Gasteiger partial charge on any atom is -0.294 e. The molecule has 98 valence electrons. The van der Waals surface area contributed by atoms with E-state index in [0.717, 1.165) is 0 Å². The van der Waals surface area contributed by atoms with Crippen molar-refractivity contribution in [2.45, 2.75) is 6.54 Å². The second kappa shape index (κ2) is 5.66. The highest BCUT2D eigenvalue weighted by atomic mass is 127. The number of non-ortho nitro benzene ring substituents is 1. The summed E-state index contributed by atoms with van der Waals surface area (Å²) in [6, 6.07) is 4.16. The first kappa shape index (κ1) is 13.9. The highest BCUT2D eigenvalue weighted by molar-refractivity contribution is 14.1. The smallest absolute Gasteiger partial charge is 0.270 e. The molecule has 0 aliphatic rings. The number of aromatic nitrogens is 2. The van der Waals surface area contributed by atoms with Gasteiger partial charge >= 0.3 is 0 Å². The predicted octanol–water partition coefficient (Wildman–Crippen LogP) is 2.46. The van der Waals surface area contributed by atoms with Gasteiger partial charge in [0.2, 0.25) is 0 Å². The highest BCUT2D eigenvalue weighted by Gasteiger charge is 2.10. The quantitative estimate of drug-likeness (QED) is 0.457. The third-order valence-electron chi connectivity index (χ3n) is 2.45. The molecule has 6 nitrogen and oxygen atoms in total. The van der Waals surface area contributed by atoms with Crippen molar-refractivity contribution >= 4 is 39.9 Å². The van der Waals surface area contributed by atoms with E-state index in [4.69, 9.17) is 11.6 Å². The summed E-state index contributed by atoms with van der Waals surface area (Å²) in [5.74, 6) is 0. The summed E-state index contributed by atoms with van der Waals surface area (Å²) in [6.07, 6.45) is 2.87. The fourth-order valence-electron chi connectivity index (χ4n) is 1.50. The van der Waals surface area contributed by atoms with Crippen LogP contribution in [0.25, 0.3) is 0 Å². The van der Waals surface area contributed by atoms with E-state index in [1.54, 1.807) is 0 Å². The van der Waals surface area contributed by atoms with Crippen molar-refractivity contribution < 1.29 is 4.92 Å². The first-order chi connectivity index (χ1) is 8.99. The molecule has 0 saturated carbocycles. The molecule has 19 heavy (non-hydrogen) atoms. The molecule has 0 radical (unpaired) electrons. The van der Waals surface area contributed by atoms with Crippen molar-refractivity contribution in [2.24, 2.45) is 0 Å². The molecule has 1 aromatic heterocycles. The molecule has 0 amide bonds. The Kier molecular flexibility index (Phi) is 4.15. The maximum absolute atomic E-state index is 11.8. The Morgan fingerprint density at radius 2 is 2.21 bits per heavy atom. The second-order valence-corrected chi connectivity index (χ2v) is 5.28. The van der Waals surface area contributed by atoms with Gasteiger partial charge in [-0.1, -0.05) is 11.6 Å². The van der Waals surface area contributed by atoms with Crippen molar-refractivity contribution in [2.75, 3.05) is 0 Å². The van der Waals surface area contributed by atoms with Crippen LogP contribution in [0.15, 0.2) is 35.5 Å².